The first-order valence-corrected chi connectivity index (χ1v) is 11.0. The Labute approximate surface area is 198 Å². The number of carbonyl (C=O) groups is 1. The molecular weight excluding hydrogens is 491 g/mol. The van der Waals surface area contributed by atoms with Crippen LogP contribution < -0.4 is 14.9 Å². The first-order valence-electron chi connectivity index (χ1n) is 10.2. The van der Waals surface area contributed by atoms with Gasteiger partial charge in [0.1, 0.15) is 18.0 Å². The molecule has 1 heterocycles. The van der Waals surface area contributed by atoms with Gasteiger partial charge in [0.05, 0.1) is 12.8 Å². The zero-order valence-corrected chi connectivity index (χ0v) is 19.3. The van der Waals surface area contributed by atoms with Gasteiger partial charge in [-0.15, -0.1) is 0 Å². The molecule has 0 atom stereocenters. The Morgan fingerprint density at radius 2 is 1.94 bits per heavy atom. The number of nitrogens with zero attached hydrogens (tertiary/aromatic N) is 1. The summed E-state index contributed by atoms with van der Waals surface area (Å²) in [5.74, 6) is 0.342. The minimum atomic E-state index is -0.464. The average Bonchev–Trinajstić information content (AvgIpc) is 3.23. The van der Waals surface area contributed by atoms with Crippen LogP contribution in [0.25, 0.3) is 11.0 Å². The largest absolute Gasteiger partial charge is 0.490 e. The van der Waals surface area contributed by atoms with Crippen molar-refractivity contribution in [2.24, 2.45) is 5.10 Å². The molecule has 0 saturated carbocycles. The van der Waals surface area contributed by atoms with Crippen molar-refractivity contribution in [3.63, 3.8) is 0 Å². The van der Waals surface area contributed by atoms with Gasteiger partial charge in [0.2, 0.25) is 0 Å². The first-order chi connectivity index (χ1) is 16.0. The summed E-state index contributed by atoms with van der Waals surface area (Å²) in [6, 6.07) is 18.8. The van der Waals surface area contributed by atoms with Crippen LogP contribution in [-0.4, -0.2) is 18.7 Å². The van der Waals surface area contributed by atoms with E-state index in [0.717, 1.165) is 9.86 Å². The van der Waals surface area contributed by atoms with Crippen LogP contribution in [0.1, 0.15) is 28.6 Å². The van der Waals surface area contributed by atoms with Gasteiger partial charge in [-0.2, -0.15) is 5.10 Å². The van der Waals surface area contributed by atoms with Crippen LogP contribution in [0.3, 0.4) is 0 Å². The molecule has 168 valence electrons. The number of carbonyl (C=O) groups excluding carboxylic acids is 1. The smallest absolute Gasteiger partial charge is 0.307 e. The quantitative estimate of drug-likeness (QED) is 0.230. The van der Waals surface area contributed by atoms with Gasteiger partial charge in [0.15, 0.2) is 17.3 Å². The predicted molar refractivity (Wildman–Crippen MR) is 127 cm³/mol. The number of ether oxygens (including phenoxy) is 2. The Bertz CT molecular complexity index is 1320. The van der Waals surface area contributed by atoms with E-state index in [9.17, 15) is 9.18 Å². The van der Waals surface area contributed by atoms with Gasteiger partial charge in [-0.25, -0.2) is 9.82 Å². The zero-order chi connectivity index (χ0) is 23.2. The Balaban J connectivity index is 1.42. The molecule has 1 N–H and O–H groups in total. The van der Waals surface area contributed by atoms with Gasteiger partial charge < -0.3 is 13.9 Å². The fourth-order valence-corrected chi connectivity index (χ4v) is 3.49. The molecule has 4 aromatic rings. The van der Waals surface area contributed by atoms with E-state index in [1.807, 2.05) is 19.1 Å². The lowest BCUT2D eigenvalue weighted by atomic mass is 10.2. The summed E-state index contributed by atoms with van der Waals surface area (Å²) in [4.78, 5) is 12.4. The van der Waals surface area contributed by atoms with Gasteiger partial charge in [-0.05, 0) is 61.0 Å². The van der Waals surface area contributed by atoms with E-state index in [4.69, 9.17) is 13.9 Å². The van der Waals surface area contributed by atoms with Crippen LogP contribution in [0, 0.1) is 5.82 Å². The molecule has 0 saturated heterocycles. The monoisotopic (exact) mass is 510 g/mol. The van der Waals surface area contributed by atoms with Gasteiger partial charge in [0, 0.05) is 15.4 Å². The molecule has 33 heavy (non-hydrogen) atoms. The number of amides is 1. The molecule has 0 unspecified atom stereocenters. The van der Waals surface area contributed by atoms with E-state index in [1.165, 1.54) is 12.3 Å². The summed E-state index contributed by atoms with van der Waals surface area (Å²) in [6.07, 6.45) is 1.49. The highest BCUT2D eigenvalue weighted by Crippen LogP contribution is 2.29. The summed E-state index contributed by atoms with van der Waals surface area (Å²) < 4.78 is 31.7. The van der Waals surface area contributed by atoms with Crippen LogP contribution in [0.15, 0.2) is 80.7 Å². The van der Waals surface area contributed by atoms with E-state index in [0.29, 0.717) is 34.8 Å². The van der Waals surface area contributed by atoms with Crippen LogP contribution in [0.4, 0.5) is 4.39 Å². The minimum absolute atomic E-state index is 0.0737. The summed E-state index contributed by atoms with van der Waals surface area (Å²) in [5.41, 5.74) is 4.20. The maximum atomic E-state index is 13.8. The zero-order valence-electron chi connectivity index (χ0n) is 17.7. The van der Waals surface area contributed by atoms with Gasteiger partial charge in [-0.1, -0.05) is 34.1 Å². The van der Waals surface area contributed by atoms with Gasteiger partial charge in [-0.3, -0.25) is 4.79 Å². The Kier molecular flexibility index (Phi) is 7.04. The fourth-order valence-electron chi connectivity index (χ4n) is 3.11. The maximum Gasteiger partial charge on any atom is 0.307 e. The molecule has 0 aliphatic rings. The van der Waals surface area contributed by atoms with Crippen molar-refractivity contribution in [2.45, 2.75) is 13.5 Å². The number of benzene rings is 3. The van der Waals surface area contributed by atoms with E-state index in [1.54, 1.807) is 48.5 Å². The van der Waals surface area contributed by atoms with Crippen molar-refractivity contribution in [3.8, 4) is 11.5 Å². The van der Waals surface area contributed by atoms with Crippen molar-refractivity contribution in [3.05, 3.63) is 93.9 Å². The SMILES string of the molecule is CCOc1cc(/C=N/NC(=O)c2cc3cc(Br)ccc3o2)ccc1OCc1ccccc1F. The molecule has 0 spiro atoms. The molecule has 4 rings (SSSR count). The third kappa shape index (κ3) is 5.59. The number of hydrogen-bond donors (Lipinski definition) is 1. The molecule has 0 radical (unpaired) electrons. The van der Waals surface area contributed by atoms with Gasteiger partial charge in [0.25, 0.3) is 0 Å². The maximum absolute atomic E-state index is 13.8. The van der Waals surface area contributed by atoms with Crippen molar-refractivity contribution >= 4 is 39.0 Å². The number of furan rings is 1. The van der Waals surface area contributed by atoms with Crippen LogP contribution >= 0.6 is 15.9 Å². The van der Waals surface area contributed by atoms with Gasteiger partial charge >= 0.3 is 5.91 Å². The van der Waals surface area contributed by atoms with E-state index in [-0.39, 0.29) is 18.2 Å². The first kappa shape index (κ1) is 22.5. The lowest BCUT2D eigenvalue weighted by molar-refractivity contribution is 0.0929. The summed E-state index contributed by atoms with van der Waals surface area (Å²) in [5, 5.41) is 4.81. The third-order valence-electron chi connectivity index (χ3n) is 4.69. The Morgan fingerprint density at radius 3 is 2.76 bits per heavy atom. The number of hydrazone groups is 1. The molecule has 8 heteroatoms. The summed E-state index contributed by atoms with van der Waals surface area (Å²) in [7, 11) is 0. The Hall–Kier alpha value is -3.65. The summed E-state index contributed by atoms with van der Waals surface area (Å²) >= 11 is 3.39. The molecule has 0 bridgehead atoms. The van der Waals surface area contributed by atoms with Crippen molar-refractivity contribution < 1.29 is 23.1 Å². The molecule has 1 aromatic heterocycles. The van der Waals surface area contributed by atoms with E-state index in [2.05, 4.69) is 26.5 Å². The molecular formula is C25H20BrFN2O4. The normalized spacial score (nSPS) is 11.1. The van der Waals surface area contributed by atoms with Crippen molar-refractivity contribution in [1.29, 1.82) is 0 Å². The third-order valence-corrected chi connectivity index (χ3v) is 5.18. The number of halogens is 2. The fraction of sp³-hybridized carbons (Fsp3) is 0.120. The highest BCUT2D eigenvalue weighted by atomic mass is 79.9. The molecule has 0 aliphatic carbocycles. The van der Waals surface area contributed by atoms with Crippen molar-refractivity contribution in [1.82, 2.24) is 5.43 Å². The highest BCUT2D eigenvalue weighted by Gasteiger charge is 2.12. The molecule has 3 aromatic carbocycles. The summed E-state index contributed by atoms with van der Waals surface area (Å²) in [6.45, 7) is 2.35. The molecule has 0 fully saturated rings. The standard InChI is InChI=1S/C25H20BrFN2O4/c1-2-31-23-11-16(7-9-22(23)32-15-17-5-3-4-6-20(17)27)14-28-29-25(30)24-13-18-12-19(26)8-10-21(18)33-24/h3-14H,2,15H2,1H3,(H,29,30)/b28-14+. The molecule has 1 amide bonds. The average molecular weight is 511 g/mol. The second kappa shape index (κ2) is 10.3. The topological polar surface area (TPSA) is 73.1 Å². The molecule has 0 aliphatic heterocycles. The number of fused-ring (bicyclic) bond motifs is 1. The van der Waals surface area contributed by atoms with Crippen LogP contribution in [0.2, 0.25) is 0 Å². The Morgan fingerprint density at radius 1 is 1.09 bits per heavy atom. The lowest BCUT2D eigenvalue weighted by Crippen LogP contribution is -2.16. The van der Waals surface area contributed by atoms with Crippen LogP contribution in [0.5, 0.6) is 11.5 Å². The number of hydrogen-bond acceptors (Lipinski definition) is 5. The second-order valence-corrected chi connectivity index (χ2v) is 7.93. The lowest BCUT2D eigenvalue weighted by Gasteiger charge is -2.13. The van der Waals surface area contributed by atoms with E-state index < -0.39 is 5.91 Å². The second-order valence-electron chi connectivity index (χ2n) is 7.01. The minimum Gasteiger partial charge on any atom is -0.490 e. The molecule has 6 nitrogen and oxygen atoms in total. The van der Waals surface area contributed by atoms with E-state index >= 15 is 0 Å². The number of rotatable bonds is 8. The van der Waals surface area contributed by atoms with Crippen molar-refractivity contribution in [2.75, 3.05) is 6.61 Å². The van der Waals surface area contributed by atoms with Crippen LogP contribution in [-0.2, 0) is 6.61 Å². The number of nitrogens with one attached hydrogen (secondary N) is 1. The highest BCUT2D eigenvalue weighted by molar-refractivity contribution is 9.10. The predicted octanol–water partition coefficient (Wildman–Crippen LogP) is 6.08.